The van der Waals surface area contributed by atoms with Gasteiger partial charge in [-0.2, -0.15) is 0 Å². The highest BCUT2D eigenvalue weighted by molar-refractivity contribution is 7.90. The summed E-state index contributed by atoms with van der Waals surface area (Å²) >= 11 is 12.7. The van der Waals surface area contributed by atoms with Crippen molar-refractivity contribution in [3.63, 3.8) is 0 Å². The Kier molecular flexibility index (Phi) is 9.16. The summed E-state index contributed by atoms with van der Waals surface area (Å²) in [6, 6.07) is 16.4. The standard InChI is InChI=1S/C29H30Cl2N4O5S/c1-17(26-21-15-18(9-12-23(21)33-27(26)31)13-14-32-29(37)35(2)3)20-11-10-19(16-24(20)40-4)28(36)34-41(38,39)25-8-6-5-7-22(25)30/h5-12,15-17,33H,13-14H2,1-4H3,(H,32,37)(H,34,36). The Balaban J connectivity index is 1.60. The zero-order valence-electron chi connectivity index (χ0n) is 22.9. The van der Waals surface area contributed by atoms with Gasteiger partial charge < -0.3 is 19.9 Å². The molecule has 4 aromatic rings. The molecule has 1 aromatic heterocycles. The van der Waals surface area contributed by atoms with Gasteiger partial charge in [0.25, 0.3) is 15.9 Å². The van der Waals surface area contributed by atoms with Gasteiger partial charge in [0, 0.05) is 54.2 Å². The molecule has 0 radical (unpaired) electrons. The van der Waals surface area contributed by atoms with Crippen LogP contribution < -0.4 is 14.8 Å². The van der Waals surface area contributed by atoms with Crippen molar-refractivity contribution in [1.29, 1.82) is 0 Å². The third-order valence-corrected chi connectivity index (χ3v) is 8.83. The Hall–Kier alpha value is -3.73. The van der Waals surface area contributed by atoms with Crippen LogP contribution >= 0.6 is 23.2 Å². The summed E-state index contributed by atoms with van der Waals surface area (Å²) in [6.07, 6.45) is 0.635. The van der Waals surface area contributed by atoms with Gasteiger partial charge in [0.1, 0.15) is 15.8 Å². The molecule has 0 aliphatic heterocycles. The molecule has 9 nitrogen and oxygen atoms in total. The van der Waals surface area contributed by atoms with Gasteiger partial charge in [-0.05, 0) is 48.4 Å². The third-order valence-electron chi connectivity index (χ3n) is 6.70. The number of urea groups is 1. The van der Waals surface area contributed by atoms with E-state index < -0.39 is 15.9 Å². The third kappa shape index (κ3) is 6.61. The lowest BCUT2D eigenvalue weighted by atomic mass is 9.90. The Labute approximate surface area is 248 Å². The van der Waals surface area contributed by atoms with E-state index in [4.69, 9.17) is 27.9 Å². The minimum Gasteiger partial charge on any atom is -0.496 e. The summed E-state index contributed by atoms with van der Waals surface area (Å²) in [6.45, 7) is 2.45. The maximum Gasteiger partial charge on any atom is 0.316 e. The van der Waals surface area contributed by atoms with E-state index in [0.29, 0.717) is 23.9 Å². The maximum atomic E-state index is 12.9. The minimum absolute atomic E-state index is 0.00614. The second-order valence-corrected chi connectivity index (χ2v) is 12.1. The highest BCUT2D eigenvalue weighted by Crippen LogP contribution is 2.40. The number of carbonyl (C=O) groups is 2. The van der Waals surface area contributed by atoms with Gasteiger partial charge in [0.2, 0.25) is 0 Å². The van der Waals surface area contributed by atoms with Crippen LogP contribution in [0.15, 0.2) is 65.6 Å². The molecule has 1 unspecified atom stereocenters. The zero-order valence-corrected chi connectivity index (χ0v) is 25.2. The van der Waals surface area contributed by atoms with E-state index in [-0.39, 0.29) is 27.4 Å². The molecule has 3 amide bonds. The number of sulfonamides is 1. The molecule has 216 valence electrons. The van der Waals surface area contributed by atoms with Gasteiger partial charge >= 0.3 is 6.03 Å². The molecule has 0 aliphatic carbocycles. The van der Waals surface area contributed by atoms with E-state index in [9.17, 15) is 18.0 Å². The summed E-state index contributed by atoms with van der Waals surface area (Å²) < 4.78 is 33.2. The van der Waals surface area contributed by atoms with E-state index in [1.165, 1.54) is 42.3 Å². The van der Waals surface area contributed by atoms with Crippen LogP contribution in [-0.4, -0.2) is 58.0 Å². The average Bonchev–Trinajstić information content (AvgIpc) is 3.26. The topological polar surface area (TPSA) is 121 Å². The van der Waals surface area contributed by atoms with Crippen LogP contribution in [0.1, 0.15) is 39.9 Å². The molecule has 3 aromatic carbocycles. The van der Waals surface area contributed by atoms with Crippen LogP contribution in [0.3, 0.4) is 0 Å². The Bertz CT molecular complexity index is 1720. The summed E-state index contributed by atoms with van der Waals surface area (Å²) in [5.74, 6) is -0.675. The van der Waals surface area contributed by atoms with Crippen LogP contribution in [-0.2, 0) is 16.4 Å². The molecule has 4 rings (SSSR count). The highest BCUT2D eigenvalue weighted by atomic mass is 35.5. The highest BCUT2D eigenvalue weighted by Gasteiger charge is 2.25. The van der Waals surface area contributed by atoms with Gasteiger partial charge in [-0.15, -0.1) is 0 Å². The van der Waals surface area contributed by atoms with Crippen molar-refractivity contribution in [2.45, 2.75) is 24.2 Å². The molecule has 0 bridgehead atoms. The number of nitrogens with zero attached hydrogens (tertiary/aromatic N) is 1. The Morgan fingerprint density at radius 2 is 1.78 bits per heavy atom. The van der Waals surface area contributed by atoms with Crippen LogP contribution in [0.4, 0.5) is 4.79 Å². The van der Waals surface area contributed by atoms with Crippen LogP contribution in [0.25, 0.3) is 10.9 Å². The smallest absolute Gasteiger partial charge is 0.316 e. The Morgan fingerprint density at radius 1 is 1.05 bits per heavy atom. The molecular formula is C29H30Cl2N4O5S. The second-order valence-electron chi connectivity index (χ2n) is 9.65. The van der Waals surface area contributed by atoms with Crippen LogP contribution in [0.5, 0.6) is 5.75 Å². The minimum atomic E-state index is -4.19. The zero-order chi connectivity index (χ0) is 29.9. The first-order valence-corrected chi connectivity index (χ1v) is 14.9. The molecule has 1 heterocycles. The number of rotatable bonds is 9. The normalized spacial score (nSPS) is 12.1. The quantitative estimate of drug-likeness (QED) is 0.227. The number of nitrogens with one attached hydrogen (secondary N) is 3. The number of hydrogen-bond acceptors (Lipinski definition) is 5. The van der Waals surface area contributed by atoms with Crippen molar-refractivity contribution in [2.24, 2.45) is 0 Å². The molecule has 0 spiro atoms. The van der Waals surface area contributed by atoms with E-state index in [2.05, 4.69) is 15.0 Å². The van der Waals surface area contributed by atoms with Crippen LogP contribution in [0.2, 0.25) is 10.2 Å². The number of hydrogen-bond donors (Lipinski definition) is 3. The van der Waals surface area contributed by atoms with Gasteiger partial charge in [-0.3, -0.25) is 4.79 Å². The SMILES string of the molecule is COc1cc(C(=O)NS(=O)(=O)c2ccccc2Cl)ccc1C(C)c1c(Cl)[nH]c2ccc(CCNC(=O)N(C)C)cc12. The van der Waals surface area contributed by atoms with Crippen molar-refractivity contribution in [3.8, 4) is 5.75 Å². The van der Waals surface area contributed by atoms with Crippen molar-refractivity contribution in [3.05, 3.63) is 93.1 Å². The first kappa shape index (κ1) is 30.2. The van der Waals surface area contributed by atoms with Crippen molar-refractivity contribution >= 4 is 56.1 Å². The van der Waals surface area contributed by atoms with E-state index in [1.54, 1.807) is 26.2 Å². The number of carbonyl (C=O) groups excluding carboxylic acids is 2. The number of fused-ring (bicyclic) bond motifs is 1. The largest absolute Gasteiger partial charge is 0.496 e. The molecule has 0 saturated carbocycles. The lowest BCUT2D eigenvalue weighted by molar-refractivity contribution is 0.0981. The molecule has 3 N–H and O–H groups in total. The van der Waals surface area contributed by atoms with Gasteiger partial charge in [-0.1, -0.05) is 54.4 Å². The molecule has 0 aliphatic rings. The van der Waals surface area contributed by atoms with Crippen LogP contribution in [0, 0.1) is 0 Å². The monoisotopic (exact) mass is 616 g/mol. The van der Waals surface area contributed by atoms with E-state index in [1.807, 2.05) is 25.1 Å². The predicted molar refractivity (Wildman–Crippen MR) is 161 cm³/mol. The number of amides is 3. The summed E-state index contributed by atoms with van der Waals surface area (Å²) in [5.41, 5.74) is 3.58. The number of ether oxygens (including phenoxy) is 1. The summed E-state index contributed by atoms with van der Waals surface area (Å²) in [5, 5.41) is 4.27. The van der Waals surface area contributed by atoms with Gasteiger partial charge in [0.05, 0.1) is 12.1 Å². The molecule has 1 atom stereocenters. The predicted octanol–water partition coefficient (Wildman–Crippen LogP) is 5.57. The summed E-state index contributed by atoms with van der Waals surface area (Å²) in [4.78, 5) is 29.3. The fraction of sp³-hybridized carbons (Fsp3) is 0.241. The fourth-order valence-electron chi connectivity index (χ4n) is 4.54. The first-order valence-electron chi connectivity index (χ1n) is 12.7. The average molecular weight is 618 g/mol. The molecule has 41 heavy (non-hydrogen) atoms. The van der Waals surface area contributed by atoms with Crippen molar-refractivity contribution in [2.75, 3.05) is 27.7 Å². The van der Waals surface area contributed by atoms with Crippen molar-refractivity contribution < 1.29 is 22.7 Å². The molecule has 0 fully saturated rings. The summed E-state index contributed by atoms with van der Waals surface area (Å²) in [7, 11) is 0.662. The fourth-order valence-corrected chi connectivity index (χ4v) is 6.40. The number of benzene rings is 3. The lowest BCUT2D eigenvalue weighted by Gasteiger charge is -2.18. The van der Waals surface area contributed by atoms with E-state index in [0.717, 1.165) is 27.6 Å². The van der Waals surface area contributed by atoms with Gasteiger partial charge in [-0.25, -0.2) is 17.9 Å². The molecular weight excluding hydrogens is 587 g/mol. The molecule has 12 heteroatoms. The first-order chi connectivity index (χ1) is 19.4. The lowest BCUT2D eigenvalue weighted by Crippen LogP contribution is -2.35. The second kappa shape index (κ2) is 12.4. The number of H-pyrrole nitrogens is 1. The Morgan fingerprint density at radius 3 is 2.46 bits per heavy atom. The van der Waals surface area contributed by atoms with Gasteiger partial charge in [0.15, 0.2) is 0 Å². The maximum absolute atomic E-state index is 12.9. The number of aromatic nitrogens is 1. The number of aromatic amines is 1. The number of methoxy groups -OCH3 is 1. The van der Waals surface area contributed by atoms with E-state index >= 15 is 0 Å². The van der Waals surface area contributed by atoms with Crippen molar-refractivity contribution in [1.82, 2.24) is 19.9 Å². The number of halogens is 2. The molecule has 0 saturated heterocycles.